The highest BCUT2D eigenvalue weighted by molar-refractivity contribution is 5.76. The van der Waals surface area contributed by atoms with E-state index in [4.69, 9.17) is 5.11 Å². The number of hydrogen-bond donors (Lipinski definition) is 1. The van der Waals surface area contributed by atoms with E-state index in [1.165, 1.54) is 5.56 Å². The summed E-state index contributed by atoms with van der Waals surface area (Å²) in [6, 6.07) is 0. The van der Waals surface area contributed by atoms with E-state index in [-0.39, 0.29) is 12.5 Å². The van der Waals surface area contributed by atoms with E-state index in [0.29, 0.717) is 25.9 Å². The van der Waals surface area contributed by atoms with E-state index in [1.54, 1.807) is 4.90 Å². The molecule has 1 rings (SSSR count). The van der Waals surface area contributed by atoms with Crippen LogP contribution in [0.3, 0.4) is 0 Å². The van der Waals surface area contributed by atoms with Crippen molar-refractivity contribution >= 4 is 5.91 Å². The van der Waals surface area contributed by atoms with E-state index in [2.05, 4.69) is 5.10 Å². The first-order valence-electron chi connectivity index (χ1n) is 6.89. The van der Waals surface area contributed by atoms with Gasteiger partial charge in [0.1, 0.15) is 0 Å². The summed E-state index contributed by atoms with van der Waals surface area (Å²) in [7, 11) is 1.92. The number of hydrogen-bond acceptors (Lipinski definition) is 3. The highest BCUT2D eigenvalue weighted by Gasteiger charge is 2.14. The van der Waals surface area contributed by atoms with Crippen LogP contribution in [0.25, 0.3) is 0 Å². The summed E-state index contributed by atoms with van der Waals surface area (Å²) in [6.45, 7) is 7.44. The van der Waals surface area contributed by atoms with Crippen LogP contribution >= 0.6 is 0 Å². The minimum atomic E-state index is 0.130. The average molecular weight is 267 g/mol. The first kappa shape index (κ1) is 15.7. The first-order chi connectivity index (χ1) is 9.01. The SMILES string of the molecule is CCN(CCCO)C(=O)CCc1c(C)nn(C)c1C. The van der Waals surface area contributed by atoms with Crippen molar-refractivity contribution in [1.82, 2.24) is 14.7 Å². The molecule has 108 valence electrons. The monoisotopic (exact) mass is 267 g/mol. The number of aromatic nitrogens is 2. The predicted molar refractivity (Wildman–Crippen MR) is 75.0 cm³/mol. The van der Waals surface area contributed by atoms with Crippen molar-refractivity contribution in [2.24, 2.45) is 7.05 Å². The minimum Gasteiger partial charge on any atom is -0.396 e. The minimum absolute atomic E-state index is 0.130. The van der Waals surface area contributed by atoms with Gasteiger partial charge in [0.2, 0.25) is 5.91 Å². The topological polar surface area (TPSA) is 58.4 Å². The van der Waals surface area contributed by atoms with Crippen LogP contribution in [0.5, 0.6) is 0 Å². The number of carbonyl (C=O) groups is 1. The molecular weight excluding hydrogens is 242 g/mol. The Kier molecular flexibility index (Phi) is 6.02. The van der Waals surface area contributed by atoms with Crippen molar-refractivity contribution in [2.75, 3.05) is 19.7 Å². The zero-order valence-electron chi connectivity index (χ0n) is 12.4. The van der Waals surface area contributed by atoms with Crippen molar-refractivity contribution in [3.63, 3.8) is 0 Å². The third kappa shape index (κ3) is 4.06. The Bertz CT molecular complexity index is 427. The number of aliphatic hydroxyl groups excluding tert-OH is 1. The van der Waals surface area contributed by atoms with E-state index < -0.39 is 0 Å². The highest BCUT2D eigenvalue weighted by Crippen LogP contribution is 2.14. The molecular formula is C14H25N3O2. The van der Waals surface area contributed by atoms with Gasteiger partial charge in [-0.05, 0) is 39.2 Å². The smallest absolute Gasteiger partial charge is 0.222 e. The van der Waals surface area contributed by atoms with Crippen molar-refractivity contribution in [2.45, 2.75) is 40.0 Å². The molecule has 0 unspecified atom stereocenters. The largest absolute Gasteiger partial charge is 0.396 e. The lowest BCUT2D eigenvalue weighted by Crippen LogP contribution is -2.32. The van der Waals surface area contributed by atoms with Gasteiger partial charge in [-0.15, -0.1) is 0 Å². The molecule has 0 aromatic carbocycles. The lowest BCUT2D eigenvalue weighted by molar-refractivity contribution is -0.131. The molecule has 5 nitrogen and oxygen atoms in total. The Labute approximate surface area is 115 Å². The summed E-state index contributed by atoms with van der Waals surface area (Å²) in [5.41, 5.74) is 3.31. The van der Waals surface area contributed by atoms with Crippen molar-refractivity contribution < 1.29 is 9.90 Å². The van der Waals surface area contributed by atoms with Crippen LogP contribution in [0.1, 0.15) is 36.7 Å². The molecule has 1 aromatic rings. The molecule has 0 aliphatic carbocycles. The molecule has 5 heteroatoms. The summed E-state index contributed by atoms with van der Waals surface area (Å²) < 4.78 is 1.86. The molecule has 1 amide bonds. The third-order valence-electron chi connectivity index (χ3n) is 3.57. The Morgan fingerprint density at radius 3 is 2.58 bits per heavy atom. The maximum atomic E-state index is 12.1. The van der Waals surface area contributed by atoms with Gasteiger partial charge in [0.15, 0.2) is 0 Å². The lowest BCUT2D eigenvalue weighted by atomic mass is 10.1. The van der Waals surface area contributed by atoms with Gasteiger partial charge in [0.25, 0.3) is 0 Å². The molecule has 0 spiro atoms. The number of rotatable bonds is 7. The molecule has 0 aliphatic heterocycles. The zero-order valence-corrected chi connectivity index (χ0v) is 12.4. The molecule has 0 fully saturated rings. The highest BCUT2D eigenvalue weighted by atomic mass is 16.3. The summed E-state index contributed by atoms with van der Waals surface area (Å²) >= 11 is 0. The fourth-order valence-corrected chi connectivity index (χ4v) is 2.29. The second-order valence-corrected chi connectivity index (χ2v) is 4.82. The molecule has 1 heterocycles. The Morgan fingerprint density at radius 1 is 1.42 bits per heavy atom. The molecule has 0 bridgehead atoms. The normalized spacial score (nSPS) is 10.8. The quantitative estimate of drug-likeness (QED) is 0.807. The van der Waals surface area contributed by atoms with Gasteiger partial charge in [0, 0.05) is 38.9 Å². The Hall–Kier alpha value is -1.36. The average Bonchev–Trinajstić information content (AvgIpc) is 2.62. The van der Waals surface area contributed by atoms with Gasteiger partial charge in [-0.2, -0.15) is 5.10 Å². The van der Waals surface area contributed by atoms with E-state index in [0.717, 1.165) is 17.8 Å². The Morgan fingerprint density at radius 2 is 2.11 bits per heavy atom. The second-order valence-electron chi connectivity index (χ2n) is 4.82. The standard InChI is InChI=1S/C14H25N3O2/c1-5-17(9-6-10-18)14(19)8-7-13-11(2)15-16(4)12(13)3/h18H,5-10H2,1-4H3. The summed E-state index contributed by atoms with van der Waals surface area (Å²) in [6.07, 6.45) is 1.89. The summed E-state index contributed by atoms with van der Waals surface area (Å²) in [4.78, 5) is 13.9. The zero-order chi connectivity index (χ0) is 14.4. The molecule has 1 N–H and O–H groups in total. The second kappa shape index (κ2) is 7.28. The van der Waals surface area contributed by atoms with Crippen molar-refractivity contribution in [1.29, 1.82) is 0 Å². The fourth-order valence-electron chi connectivity index (χ4n) is 2.29. The van der Waals surface area contributed by atoms with Crippen LogP contribution in [0, 0.1) is 13.8 Å². The predicted octanol–water partition coefficient (Wildman–Crippen LogP) is 1.20. The maximum absolute atomic E-state index is 12.1. The van der Waals surface area contributed by atoms with E-state index in [1.807, 2.05) is 32.5 Å². The lowest BCUT2D eigenvalue weighted by Gasteiger charge is -2.20. The van der Waals surface area contributed by atoms with Crippen LogP contribution in [0.15, 0.2) is 0 Å². The molecule has 19 heavy (non-hydrogen) atoms. The molecule has 0 aliphatic rings. The van der Waals surface area contributed by atoms with Crippen LogP contribution in [-0.4, -0.2) is 45.4 Å². The number of nitrogens with zero attached hydrogens (tertiary/aromatic N) is 3. The van der Waals surface area contributed by atoms with Gasteiger partial charge in [-0.25, -0.2) is 0 Å². The molecule has 0 atom stereocenters. The fraction of sp³-hybridized carbons (Fsp3) is 0.714. The van der Waals surface area contributed by atoms with Crippen LogP contribution in [0.4, 0.5) is 0 Å². The van der Waals surface area contributed by atoms with Crippen molar-refractivity contribution in [3.05, 3.63) is 17.0 Å². The Balaban J connectivity index is 2.57. The van der Waals surface area contributed by atoms with Gasteiger partial charge < -0.3 is 10.0 Å². The van der Waals surface area contributed by atoms with E-state index >= 15 is 0 Å². The van der Waals surface area contributed by atoms with Crippen molar-refractivity contribution in [3.8, 4) is 0 Å². The maximum Gasteiger partial charge on any atom is 0.222 e. The molecule has 0 saturated heterocycles. The van der Waals surface area contributed by atoms with E-state index in [9.17, 15) is 4.79 Å². The van der Waals surface area contributed by atoms with Crippen LogP contribution in [-0.2, 0) is 18.3 Å². The van der Waals surface area contributed by atoms with Crippen LogP contribution < -0.4 is 0 Å². The third-order valence-corrected chi connectivity index (χ3v) is 3.57. The summed E-state index contributed by atoms with van der Waals surface area (Å²) in [5.74, 6) is 0.151. The number of amides is 1. The van der Waals surface area contributed by atoms with Crippen LogP contribution in [0.2, 0.25) is 0 Å². The van der Waals surface area contributed by atoms with Gasteiger partial charge >= 0.3 is 0 Å². The van der Waals surface area contributed by atoms with Gasteiger partial charge in [0.05, 0.1) is 5.69 Å². The van der Waals surface area contributed by atoms with Gasteiger partial charge in [-0.1, -0.05) is 0 Å². The number of carbonyl (C=O) groups excluding carboxylic acids is 1. The number of aryl methyl sites for hydroxylation is 2. The first-order valence-corrected chi connectivity index (χ1v) is 6.89. The number of aliphatic hydroxyl groups is 1. The van der Waals surface area contributed by atoms with Gasteiger partial charge in [-0.3, -0.25) is 9.48 Å². The molecule has 0 saturated carbocycles. The molecule has 0 radical (unpaired) electrons. The summed E-state index contributed by atoms with van der Waals surface area (Å²) in [5, 5.41) is 13.2. The molecule has 1 aromatic heterocycles.